The van der Waals surface area contributed by atoms with Crippen molar-refractivity contribution in [3.05, 3.63) is 18.0 Å². The van der Waals surface area contributed by atoms with Crippen molar-refractivity contribution >= 4 is 12.4 Å². The number of rotatable bonds is 3. The van der Waals surface area contributed by atoms with Gasteiger partial charge in [-0.25, -0.2) is 4.68 Å². The van der Waals surface area contributed by atoms with E-state index in [-0.39, 0.29) is 12.4 Å². The molecule has 0 unspecified atom stereocenters. The number of hydrogen-bond donors (Lipinski definition) is 1. The number of alkyl halides is 2. The molecule has 0 bridgehead atoms. The molecule has 0 aliphatic heterocycles. The van der Waals surface area contributed by atoms with Crippen LogP contribution < -0.4 is 5.32 Å². The summed E-state index contributed by atoms with van der Waals surface area (Å²) in [4.78, 5) is 0. The van der Waals surface area contributed by atoms with Gasteiger partial charge in [0.25, 0.3) is 0 Å². The summed E-state index contributed by atoms with van der Waals surface area (Å²) in [6.07, 6.45) is 1.26. The highest BCUT2D eigenvalue weighted by Gasteiger charge is 2.05. The minimum atomic E-state index is -2.54. The minimum absolute atomic E-state index is 0. The van der Waals surface area contributed by atoms with Crippen LogP contribution in [0, 0.1) is 0 Å². The molecule has 0 saturated carbocycles. The van der Waals surface area contributed by atoms with Gasteiger partial charge in [-0.3, -0.25) is 0 Å². The molecule has 0 aromatic carbocycles. The predicted molar refractivity (Wildman–Crippen MR) is 43.5 cm³/mol. The molecule has 3 nitrogen and oxygen atoms in total. The Morgan fingerprint density at radius 3 is 2.75 bits per heavy atom. The van der Waals surface area contributed by atoms with E-state index in [2.05, 4.69) is 10.4 Å². The summed E-state index contributed by atoms with van der Waals surface area (Å²) in [7, 11) is 1.74. The maximum atomic E-state index is 11.9. The lowest BCUT2D eigenvalue weighted by atomic mass is 10.4. The first kappa shape index (κ1) is 11.3. The average Bonchev–Trinajstić information content (AvgIpc) is 2.37. The summed E-state index contributed by atoms with van der Waals surface area (Å²) in [5.41, 5.74) is 0.618. The smallest absolute Gasteiger partial charge is 0.314 e. The van der Waals surface area contributed by atoms with Crippen LogP contribution in [0.2, 0.25) is 0 Å². The van der Waals surface area contributed by atoms with Gasteiger partial charge < -0.3 is 5.32 Å². The second kappa shape index (κ2) is 5.05. The fraction of sp³-hybridized carbons (Fsp3) is 0.500. The van der Waals surface area contributed by atoms with Crippen LogP contribution in [0.15, 0.2) is 12.3 Å². The highest BCUT2D eigenvalue weighted by molar-refractivity contribution is 5.85. The van der Waals surface area contributed by atoms with Crippen molar-refractivity contribution in [2.75, 3.05) is 7.05 Å². The topological polar surface area (TPSA) is 29.9 Å². The van der Waals surface area contributed by atoms with Gasteiger partial charge in [-0.1, -0.05) is 0 Å². The Morgan fingerprint density at radius 1 is 1.67 bits per heavy atom. The van der Waals surface area contributed by atoms with E-state index in [0.717, 1.165) is 0 Å². The molecule has 0 atom stereocenters. The molecule has 0 amide bonds. The first-order valence-electron chi connectivity index (χ1n) is 3.21. The maximum absolute atomic E-state index is 11.9. The summed E-state index contributed by atoms with van der Waals surface area (Å²) in [5, 5.41) is 6.42. The molecule has 0 saturated heterocycles. The van der Waals surface area contributed by atoms with Gasteiger partial charge in [-0.2, -0.15) is 13.9 Å². The first-order chi connectivity index (χ1) is 5.24. The highest BCUT2D eigenvalue weighted by Crippen LogP contribution is 2.08. The molecule has 1 aromatic rings. The van der Waals surface area contributed by atoms with Crippen LogP contribution in [-0.2, 0) is 6.54 Å². The number of halogens is 3. The molecular formula is C6H10ClF2N3. The lowest BCUT2D eigenvalue weighted by Crippen LogP contribution is -2.07. The number of hydrogen-bond acceptors (Lipinski definition) is 2. The maximum Gasteiger partial charge on any atom is 0.333 e. The van der Waals surface area contributed by atoms with Gasteiger partial charge in [-0.05, 0) is 13.1 Å². The van der Waals surface area contributed by atoms with Crippen molar-refractivity contribution in [2.24, 2.45) is 0 Å². The van der Waals surface area contributed by atoms with E-state index in [1.807, 2.05) is 0 Å². The molecule has 1 aromatic heterocycles. The summed E-state index contributed by atoms with van der Waals surface area (Å²) < 4.78 is 24.4. The Kier molecular flexibility index (Phi) is 4.77. The molecule has 1 N–H and O–H groups in total. The highest BCUT2D eigenvalue weighted by atomic mass is 35.5. The van der Waals surface area contributed by atoms with Gasteiger partial charge in [0.05, 0.1) is 5.69 Å². The fourth-order valence-electron chi connectivity index (χ4n) is 0.761. The quantitative estimate of drug-likeness (QED) is 0.795. The largest absolute Gasteiger partial charge is 0.333 e. The molecule has 0 spiro atoms. The van der Waals surface area contributed by atoms with Gasteiger partial charge in [-0.15, -0.1) is 12.4 Å². The van der Waals surface area contributed by atoms with Gasteiger partial charge >= 0.3 is 6.55 Å². The van der Waals surface area contributed by atoms with E-state index < -0.39 is 6.55 Å². The summed E-state index contributed by atoms with van der Waals surface area (Å²) in [6.45, 7) is -2.03. The van der Waals surface area contributed by atoms with E-state index in [1.165, 1.54) is 6.20 Å². The van der Waals surface area contributed by atoms with Crippen LogP contribution >= 0.6 is 12.4 Å². The molecule has 0 aliphatic rings. The lowest BCUT2D eigenvalue weighted by molar-refractivity contribution is 0.0561. The normalized spacial score (nSPS) is 10.0. The molecule has 1 heterocycles. The van der Waals surface area contributed by atoms with Gasteiger partial charge in [0.15, 0.2) is 0 Å². The van der Waals surface area contributed by atoms with Gasteiger partial charge in [0, 0.05) is 12.7 Å². The lowest BCUT2D eigenvalue weighted by Gasteiger charge is -1.96. The minimum Gasteiger partial charge on any atom is -0.314 e. The Morgan fingerprint density at radius 2 is 2.33 bits per heavy atom. The molecule has 0 aliphatic carbocycles. The Labute approximate surface area is 75.2 Å². The van der Waals surface area contributed by atoms with Crippen LogP contribution in [0.4, 0.5) is 8.78 Å². The average molecular weight is 198 g/mol. The van der Waals surface area contributed by atoms with Gasteiger partial charge in [0.1, 0.15) is 0 Å². The summed E-state index contributed by atoms with van der Waals surface area (Å²) in [5.74, 6) is 0. The summed E-state index contributed by atoms with van der Waals surface area (Å²) >= 11 is 0. The van der Waals surface area contributed by atoms with Crippen LogP contribution in [-0.4, -0.2) is 16.8 Å². The third-order valence-corrected chi connectivity index (χ3v) is 1.22. The second-order valence-corrected chi connectivity index (χ2v) is 2.10. The molecule has 12 heavy (non-hydrogen) atoms. The summed E-state index contributed by atoms with van der Waals surface area (Å²) in [6, 6.07) is 1.56. The number of nitrogens with one attached hydrogen (secondary N) is 1. The van der Waals surface area contributed by atoms with Crippen LogP contribution in [0.1, 0.15) is 12.2 Å². The Balaban J connectivity index is 0.00000121. The SMILES string of the molecule is CNCc1ccn(C(F)F)n1.Cl. The van der Waals surface area contributed by atoms with Crippen LogP contribution in [0.3, 0.4) is 0 Å². The monoisotopic (exact) mass is 197 g/mol. The molecule has 0 radical (unpaired) electrons. The molecule has 6 heteroatoms. The Bertz CT molecular complexity index is 226. The molecule has 70 valence electrons. The molecule has 1 rings (SSSR count). The van der Waals surface area contributed by atoms with Gasteiger partial charge in [0.2, 0.25) is 0 Å². The fourth-order valence-corrected chi connectivity index (χ4v) is 0.761. The van der Waals surface area contributed by atoms with Crippen molar-refractivity contribution in [2.45, 2.75) is 13.1 Å². The van der Waals surface area contributed by atoms with Crippen LogP contribution in [0.5, 0.6) is 0 Å². The molecular weight excluding hydrogens is 188 g/mol. The predicted octanol–water partition coefficient (Wildman–Crippen LogP) is 1.42. The van der Waals surface area contributed by atoms with E-state index in [4.69, 9.17) is 0 Å². The van der Waals surface area contributed by atoms with Crippen molar-refractivity contribution in [1.82, 2.24) is 15.1 Å². The number of aromatic nitrogens is 2. The first-order valence-corrected chi connectivity index (χ1v) is 3.21. The standard InChI is InChI=1S/C6H9F2N3.ClH/c1-9-4-5-2-3-11(10-5)6(7)8;/h2-3,6,9H,4H2,1H3;1H. The van der Waals surface area contributed by atoms with Crippen molar-refractivity contribution < 1.29 is 8.78 Å². The van der Waals surface area contributed by atoms with E-state index in [9.17, 15) is 8.78 Å². The zero-order valence-electron chi connectivity index (χ0n) is 6.50. The third-order valence-electron chi connectivity index (χ3n) is 1.22. The van der Waals surface area contributed by atoms with E-state index in [1.54, 1.807) is 13.1 Å². The zero-order valence-corrected chi connectivity index (χ0v) is 7.31. The number of nitrogens with zero attached hydrogens (tertiary/aromatic N) is 2. The van der Waals surface area contributed by atoms with Crippen molar-refractivity contribution in [3.8, 4) is 0 Å². The van der Waals surface area contributed by atoms with Crippen LogP contribution in [0.25, 0.3) is 0 Å². The zero-order chi connectivity index (χ0) is 8.27. The van der Waals surface area contributed by atoms with E-state index >= 15 is 0 Å². The van der Waals surface area contributed by atoms with Crippen molar-refractivity contribution in [1.29, 1.82) is 0 Å². The second-order valence-electron chi connectivity index (χ2n) is 2.10. The van der Waals surface area contributed by atoms with E-state index in [0.29, 0.717) is 16.9 Å². The Hall–Kier alpha value is -0.680. The molecule has 0 fully saturated rings. The third kappa shape index (κ3) is 2.75. The van der Waals surface area contributed by atoms with Crippen molar-refractivity contribution in [3.63, 3.8) is 0 Å².